The summed E-state index contributed by atoms with van der Waals surface area (Å²) in [5, 5.41) is 7.36. The zero-order valence-corrected chi connectivity index (χ0v) is 14.7. The van der Waals surface area contributed by atoms with Gasteiger partial charge in [-0.1, -0.05) is 18.2 Å². The molecule has 0 aliphatic rings. The first-order chi connectivity index (χ1) is 12.0. The third kappa shape index (κ3) is 3.91. The predicted octanol–water partition coefficient (Wildman–Crippen LogP) is 3.16. The molecule has 0 aliphatic heterocycles. The summed E-state index contributed by atoms with van der Waals surface area (Å²) in [4.78, 5) is 20.4. The fourth-order valence-electron chi connectivity index (χ4n) is 2.79. The molecule has 0 spiro atoms. The van der Waals surface area contributed by atoms with Crippen LogP contribution in [0.4, 0.5) is 5.95 Å². The van der Waals surface area contributed by atoms with Crippen LogP contribution in [0.1, 0.15) is 29.1 Å². The Bertz CT molecular complexity index is 886. The number of carbonyl (C=O) groups excluding carboxylic acids is 1. The minimum atomic E-state index is -0.100. The molecule has 6 heteroatoms. The average Bonchev–Trinajstić information content (AvgIpc) is 2.88. The largest absolute Gasteiger partial charge is 0.295 e. The van der Waals surface area contributed by atoms with E-state index in [-0.39, 0.29) is 5.91 Å². The third-order valence-corrected chi connectivity index (χ3v) is 4.09. The van der Waals surface area contributed by atoms with Crippen molar-refractivity contribution in [2.24, 2.45) is 0 Å². The number of benzene rings is 1. The molecule has 1 amide bonds. The molecule has 0 saturated carbocycles. The Kier molecular flexibility index (Phi) is 4.88. The van der Waals surface area contributed by atoms with Crippen LogP contribution in [0.15, 0.2) is 42.6 Å². The number of aryl methyl sites for hydroxylation is 2. The molecule has 128 valence electrons. The lowest BCUT2D eigenvalue weighted by Gasteiger charge is -2.06. The summed E-state index contributed by atoms with van der Waals surface area (Å²) in [5.74, 6) is 0.246. The summed E-state index contributed by atoms with van der Waals surface area (Å²) in [6, 6.07) is 11.8. The first kappa shape index (κ1) is 16.8. The molecule has 0 unspecified atom stereocenters. The van der Waals surface area contributed by atoms with Crippen molar-refractivity contribution in [1.82, 2.24) is 19.7 Å². The van der Waals surface area contributed by atoms with Gasteiger partial charge in [0, 0.05) is 24.0 Å². The molecule has 0 fully saturated rings. The summed E-state index contributed by atoms with van der Waals surface area (Å²) < 4.78 is 1.92. The monoisotopic (exact) mass is 335 g/mol. The number of nitrogens with one attached hydrogen (secondary N) is 1. The highest BCUT2D eigenvalue weighted by atomic mass is 16.1. The van der Waals surface area contributed by atoms with Crippen molar-refractivity contribution in [1.29, 1.82) is 0 Å². The molecule has 0 atom stereocenters. The van der Waals surface area contributed by atoms with Crippen molar-refractivity contribution in [3.63, 3.8) is 0 Å². The number of anilines is 1. The van der Waals surface area contributed by atoms with Gasteiger partial charge in [-0.3, -0.25) is 10.1 Å². The van der Waals surface area contributed by atoms with Gasteiger partial charge in [-0.2, -0.15) is 5.10 Å². The Morgan fingerprint density at radius 1 is 1.12 bits per heavy atom. The van der Waals surface area contributed by atoms with E-state index in [9.17, 15) is 4.79 Å². The number of hydrogen-bond acceptors (Lipinski definition) is 4. The van der Waals surface area contributed by atoms with Crippen LogP contribution in [0.2, 0.25) is 0 Å². The maximum Gasteiger partial charge on any atom is 0.229 e. The zero-order chi connectivity index (χ0) is 17.8. The van der Waals surface area contributed by atoms with Crippen molar-refractivity contribution in [3.05, 3.63) is 65.2 Å². The molecule has 0 radical (unpaired) electrons. The van der Waals surface area contributed by atoms with Gasteiger partial charge < -0.3 is 0 Å². The predicted molar refractivity (Wildman–Crippen MR) is 96.8 cm³/mol. The van der Waals surface area contributed by atoms with Crippen molar-refractivity contribution < 1.29 is 4.79 Å². The second-order valence-electron chi connectivity index (χ2n) is 5.97. The van der Waals surface area contributed by atoms with Crippen molar-refractivity contribution in [2.45, 2.75) is 33.6 Å². The zero-order valence-electron chi connectivity index (χ0n) is 14.7. The van der Waals surface area contributed by atoms with E-state index in [2.05, 4.69) is 20.4 Å². The number of nitrogens with zero attached hydrogens (tertiary/aromatic N) is 4. The van der Waals surface area contributed by atoms with Crippen molar-refractivity contribution >= 4 is 11.9 Å². The summed E-state index contributed by atoms with van der Waals surface area (Å²) in [5.41, 5.74) is 4.95. The summed E-state index contributed by atoms with van der Waals surface area (Å²) in [6.45, 7) is 5.87. The van der Waals surface area contributed by atoms with Crippen LogP contribution in [0.3, 0.4) is 0 Å². The Morgan fingerprint density at radius 3 is 2.60 bits per heavy atom. The second-order valence-corrected chi connectivity index (χ2v) is 5.97. The molecular formula is C19H21N5O. The number of amides is 1. The molecule has 25 heavy (non-hydrogen) atoms. The molecule has 0 bridgehead atoms. The Hall–Kier alpha value is -3.02. The smallest absolute Gasteiger partial charge is 0.229 e. The topological polar surface area (TPSA) is 72.7 Å². The van der Waals surface area contributed by atoms with Crippen LogP contribution in [-0.4, -0.2) is 25.7 Å². The standard InChI is InChI=1S/C19H21N5O/c1-13-11-12-20-19(21-13)22-18(25)10-9-17-14(2)23-24(15(17)3)16-7-5-4-6-8-16/h4-8,11-12H,9-10H2,1-3H3,(H,20,21,22,25). The highest BCUT2D eigenvalue weighted by Gasteiger charge is 2.14. The lowest BCUT2D eigenvalue weighted by Crippen LogP contribution is -2.15. The van der Waals surface area contributed by atoms with E-state index < -0.39 is 0 Å². The SMILES string of the molecule is Cc1ccnc(NC(=O)CCc2c(C)nn(-c3ccccc3)c2C)n1. The number of carbonyl (C=O) groups is 1. The normalized spacial score (nSPS) is 10.7. The van der Waals surface area contributed by atoms with E-state index >= 15 is 0 Å². The third-order valence-electron chi connectivity index (χ3n) is 4.09. The average molecular weight is 335 g/mol. The number of aromatic nitrogens is 4. The first-order valence-corrected chi connectivity index (χ1v) is 8.24. The van der Waals surface area contributed by atoms with Gasteiger partial charge in [-0.15, -0.1) is 0 Å². The second kappa shape index (κ2) is 7.25. The van der Waals surface area contributed by atoms with Crippen molar-refractivity contribution in [2.75, 3.05) is 5.32 Å². The van der Waals surface area contributed by atoms with Crippen LogP contribution in [0.5, 0.6) is 0 Å². The highest BCUT2D eigenvalue weighted by molar-refractivity contribution is 5.89. The summed E-state index contributed by atoms with van der Waals surface area (Å²) in [7, 11) is 0. The van der Waals surface area contributed by atoms with E-state index in [1.165, 1.54) is 0 Å². The lowest BCUT2D eigenvalue weighted by atomic mass is 10.1. The molecule has 3 aromatic rings. The van der Waals surface area contributed by atoms with Gasteiger partial charge in [0.05, 0.1) is 11.4 Å². The molecule has 2 aromatic heterocycles. The van der Waals surface area contributed by atoms with E-state index in [1.807, 2.05) is 55.8 Å². The number of hydrogen-bond donors (Lipinski definition) is 1. The summed E-state index contributed by atoms with van der Waals surface area (Å²) in [6.07, 6.45) is 2.62. The fourth-order valence-corrected chi connectivity index (χ4v) is 2.79. The van der Waals surface area contributed by atoms with Crippen LogP contribution in [0.25, 0.3) is 5.69 Å². The molecule has 1 N–H and O–H groups in total. The fraction of sp³-hybridized carbons (Fsp3) is 0.263. The van der Waals surface area contributed by atoms with Gasteiger partial charge >= 0.3 is 0 Å². The van der Waals surface area contributed by atoms with Crippen LogP contribution in [-0.2, 0) is 11.2 Å². The van der Waals surface area contributed by atoms with Crippen LogP contribution in [0, 0.1) is 20.8 Å². The van der Waals surface area contributed by atoms with Gasteiger partial charge in [0.1, 0.15) is 0 Å². The highest BCUT2D eigenvalue weighted by Crippen LogP contribution is 2.19. The van der Waals surface area contributed by atoms with Crippen LogP contribution >= 0.6 is 0 Å². The molecule has 1 aromatic carbocycles. The number of rotatable bonds is 5. The van der Waals surface area contributed by atoms with Crippen LogP contribution < -0.4 is 5.32 Å². The van der Waals surface area contributed by atoms with Gasteiger partial charge in [-0.25, -0.2) is 14.6 Å². The van der Waals surface area contributed by atoms with Gasteiger partial charge in [0.25, 0.3) is 0 Å². The Labute approximate surface area is 146 Å². The van der Waals surface area contributed by atoms with E-state index in [0.717, 1.165) is 28.3 Å². The maximum absolute atomic E-state index is 12.2. The molecule has 0 aliphatic carbocycles. The van der Waals surface area contributed by atoms with E-state index in [0.29, 0.717) is 18.8 Å². The Balaban J connectivity index is 1.69. The maximum atomic E-state index is 12.2. The molecule has 0 saturated heterocycles. The minimum Gasteiger partial charge on any atom is -0.295 e. The van der Waals surface area contributed by atoms with Gasteiger partial charge in [-0.05, 0) is 51.0 Å². The Morgan fingerprint density at radius 2 is 1.88 bits per heavy atom. The van der Waals surface area contributed by atoms with E-state index in [4.69, 9.17) is 0 Å². The molecule has 6 nitrogen and oxygen atoms in total. The lowest BCUT2D eigenvalue weighted by molar-refractivity contribution is -0.116. The van der Waals surface area contributed by atoms with Gasteiger partial charge in [0.2, 0.25) is 11.9 Å². The van der Waals surface area contributed by atoms with E-state index in [1.54, 1.807) is 12.3 Å². The molecule has 3 rings (SSSR count). The molecule has 2 heterocycles. The number of para-hydroxylation sites is 1. The molecular weight excluding hydrogens is 314 g/mol. The summed E-state index contributed by atoms with van der Waals surface area (Å²) >= 11 is 0. The quantitative estimate of drug-likeness (QED) is 0.777. The first-order valence-electron chi connectivity index (χ1n) is 8.24. The van der Waals surface area contributed by atoms with Crippen molar-refractivity contribution in [3.8, 4) is 5.69 Å². The van der Waals surface area contributed by atoms with Gasteiger partial charge in [0.15, 0.2) is 0 Å². The minimum absolute atomic E-state index is 0.100.